The number of carbonyl (C=O) groups is 2. The van der Waals surface area contributed by atoms with Gasteiger partial charge in [-0.15, -0.1) is 0 Å². The molecule has 5 rings (SSSR count). The van der Waals surface area contributed by atoms with Gasteiger partial charge in [0.05, 0.1) is 11.8 Å². The van der Waals surface area contributed by atoms with E-state index in [0.717, 1.165) is 5.56 Å². The summed E-state index contributed by atoms with van der Waals surface area (Å²) in [5, 5.41) is 11.0. The standard InChI is InChI=1S/C22H16N2O6/c25-20(14-5-6-15-17(9-14)30-12-29-15)18-19(16-4-2-8-28-16)24(22(27)21(18)26)11-13-3-1-7-23-10-13/h1-10,19,25H,11-12H2/b20-18-. The summed E-state index contributed by atoms with van der Waals surface area (Å²) >= 11 is 0. The number of carbonyl (C=O) groups excluding carboxylic acids is 2. The van der Waals surface area contributed by atoms with Crippen molar-refractivity contribution in [3.05, 3.63) is 83.6 Å². The number of aliphatic hydroxyl groups excluding tert-OH is 1. The van der Waals surface area contributed by atoms with E-state index < -0.39 is 17.7 Å². The van der Waals surface area contributed by atoms with Crippen LogP contribution < -0.4 is 9.47 Å². The molecule has 30 heavy (non-hydrogen) atoms. The zero-order valence-electron chi connectivity index (χ0n) is 15.6. The van der Waals surface area contributed by atoms with E-state index in [9.17, 15) is 14.7 Å². The molecule has 8 heteroatoms. The number of Topliss-reactive ketones (excluding diaryl/α,β-unsaturated/α-hetero) is 1. The number of aliphatic hydroxyl groups is 1. The van der Waals surface area contributed by atoms with E-state index in [0.29, 0.717) is 22.8 Å². The van der Waals surface area contributed by atoms with E-state index >= 15 is 0 Å². The van der Waals surface area contributed by atoms with Crippen molar-refractivity contribution in [2.75, 3.05) is 6.79 Å². The Balaban J connectivity index is 1.61. The highest BCUT2D eigenvalue weighted by atomic mass is 16.7. The van der Waals surface area contributed by atoms with Crippen LogP contribution >= 0.6 is 0 Å². The molecule has 8 nitrogen and oxygen atoms in total. The topological polar surface area (TPSA) is 102 Å². The molecule has 0 aliphatic carbocycles. The third-order valence-electron chi connectivity index (χ3n) is 5.07. The molecule has 3 aromatic rings. The fourth-order valence-corrected chi connectivity index (χ4v) is 3.67. The molecule has 0 radical (unpaired) electrons. The predicted molar refractivity (Wildman–Crippen MR) is 103 cm³/mol. The SMILES string of the molecule is O=C1C(=O)N(Cc2cccnc2)C(c2ccco2)/C1=C(/O)c1ccc2c(c1)OCO2. The lowest BCUT2D eigenvalue weighted by Crippen LogP contribution is -2.29. The smallest absolute Gasteiger partial charge is 0.296 e. The monoisotopic (exact) mass is 404 g/mol. The summed E-state index contributed by atoms with van der Waals surface area (Å²) in [6.07, 6.45) is 4.71. The summed E-state index contributed by atoms with van der Waals surface area (Å²) in [5.41, 5.74) is 1.05. The Kier molecular flexibility index (Phi) is 4.24. The summed E-state index contributed by atoms with van der Waals surface area (Å²) in [5.74, 6) is -0.426. The Morgan fingerprint density at radius 2 is 2.00 bits per heavy atom. The molecule has 1 aromatic carbocycles. The number of pyridine rings is 1. The van der Waals surface area contributed by atoms with Gasteiger partial charge in [-0.25, -0.2) is 0 Å². The van der Waals surface area contributed by atoms with Gasteiger partial charge in [0.15, 0.2) is 11.5 Å². The number of furan rings is 1. The number of nitrogens with zero attached hydrogens (tertiary/aromatic N) is 2. The number of fused-ring (bicyclic) bond motifs is 1. The van der Waals surface area contributed by atoms with Crippen LogP contribution in [0.25, 0.3) is 5.76 Å². The van der Waals surface area contributed by atoms with Crippen LogP contribution in [0.5, 0.6) is 11.5 Å². The maximum atomic E-state index is 12.9. The van der Waals surface area contributed by atoms with Crippen molar-refractivity contribution in [2.45, 2.75) is 12.6 Å². The predicted octanol–water partition coefficient (Wildman–Crippen LogP) is 3.03. The van der Waals surface area contributed by atoms with Crippen molar-refractivity contribution >= 4 is 17.4 Å². The molecular formula is C22H16N2O6. The highest BCUT2D eigenvalue weighted by Gasteiger charge is 2.47. The summed E-state index contributed by atoms with van der Waals surface area (Å²) in [7, 11) is 0. The quantitative estimate of drug-likeness (QED) is 0.405. The molecule has 150 valence electrons. The number of rotatable bonds is 4. The summed E-state index contributed by atoms with van der Waals surface area (Å²) in [6, 6.07) is 10.8. The van der Waals surface area contributed by atoms with E-state index in [4.69, 9.17) is 13.9 Å². The van der Waals surface area contributed by atoms with Crippen LogP contribution in [0.1, 0.15) is 22.9 Å². The van der Waals surface area contributed by atoms with E-state index in [-0.39, 0.29) is 24.7 Å². The number of likely N-dealkylation sites (tertiary alicyclic amines) is 1. The molecule has 0 bridgehead atoms. The molecule has 0 spiro atoms. The van der Waals surface area contributed by atoms with Gasteiger partial charge in [0.2, 0.25) is 6.79 Å². The lowest BCUT2D eigenvalue weighted by Gasteiger charge is -2.23. The van der Waals surface area contributed by atoms with Crippen molar-refractivity contribution in [1.29, 1.82) is 0 Å². The van der Waals surface area contributed by atoms with E-state index in [2.05, 4.69) is 4.98 Å². The average molecular weight is 404 g/mol. The highest BCUT2D eigenvalue weighted by Crippen LogP contribution is 2.42. The van der Waals surface area contributed by atoms with Crippen molar-refractivity contribution in [3.63, 3.8) is 0 Å². The lowest BCUT2D eigenvalue weighted by molar-refractivity contribution is -0.140. The number of benzene rings is 1. The molecule has 0 saturated carbocycles. The first-order chi connectivity index (χ1) is 14.6. The van der Waals surface area contributed by atoms with Crippen LogP contribution in [-0.2, 0) is 16.1 Å². The van der Waals surface area contributed by atoms with Gasteiger partial charge >= 0.3 is 0 Å². The normalized spacial score (nSPS) is 19.5. The van der Waals surface area contributed by atoms with Gasteiger partial charge in [-0.2, -0.15) is 0 Å². The van der Waals surface area contributed by atoms with E-state index in [1.807, 2.05) is 6.07 Å². The Hall–Kier alpha value is -4.07. The van der Waals surface area contributed by atoms with Gasteiger partial charge in [0, 0.05) is 24.5 Å². The number of hydrogen-bond donors (Lipinski definition) is 1. The van der Waals surface area contributed by atoms with Gasteiger partial charge < -0.3 is 23.9 Å². The number of aromatic nitrogens is 1. The number of ketones is 1. The van der Waals surface area contributed by atoms with Gasteiger partial charge in [-0.1, -0.05) is 6.07 Å². The molecule has 2 aromatic heterocycles. The molecule has 1 unspecified atom stereocenters. The first-order valence-corrected chi connectivity index (χ1v) is 9.24. The molecule has 1 N–H and O–H groups in total. The van der Waals surface area contributed by atoms with E-state index in [1.54, 1.807) is 48.8 Å². The molecule has 4 heterocycles. The van der Waals surface area contributed by atoms with Crippen LogP contribution in [-0.4, -0.2) is 33.5 Å². The molecule has 2 aliphatic heterocycles. The molecule has 1 amide bonds. The number of hydrogen-bond acceptors (Lipinski definition) is 7. The minimum Gasteiger partial charge on any atom is -0.507 e. The van der Waals surface area contributed by atoms with Gasteiger partial charge in [0.25, 0.3) is 11.7 Å². The maximum absolute atomic E-state index is 12.9. The minimum atomic E-state index is -0.870. The fourth-order valence-electron chi connectivity index (χ4n) is 3.67. The molecule has 1 fully saturated rings. The molecule has 1 atom stereocenters. The zero-order valence-corrected chi connectivity index (χ0v) is 15.6. The molecule has 1 saturated heterocycles. The summed E-state index contributed by atoms with van der Waals surface area (Å²) in [6.45, 7) is 0.225. The van der Waals surface area contributed by atoms with Crippen LogP contribution in [0.4, 0.5) is 0 Å². The van der Waals surface area contributed by atoms with Crippen LogP contribution in [0.3, 0.4) is 0 Å². The summed E-state index contributed by atoms with van der Waals surface area (Å²) in [4.78, 5) is 31.2. The fraction of sp³-hybridized carbons (Fsp3) is 0.136. The first-order valence-electron chi connectivity index (χ1n) is 9.24. The summed E-state index contributed by atoms with van der Waals surface area (Å²) < 4.78 is 16.2. The first kappa shape index (κ1) is 18.0. The highest BCUT2D eigenvalue weighted by molar-refractivity contribution is 6.46. The molecule has 2 aliphatic rings. The molecular weight excluding hydrogens is 388 g/mol. The second kappa shape index (κ2) is 7.07. The Labute approximate surface area is 171 Å². The van der Waals surface area contributed by atoms with Crippen molar-refractivity contribution < 1.29 is 28.6 Å². The number of amides is 1. The van der Waals surface area contributed by atoms with Crippen LogP contribution in [0.15, 0.2) is 71.1 Å². The third-order valence-corrected chi connectivity index (χ3v) is 5.07. The largest absolute Gasteiger partial charge is 0.507 e. The number of ether oxygens (including phenoxy) is 2. The zero-order chi connectivity index (χ0) is 20.7. The Morgan fingerprint density at radius 1 is 1.13 bits per heavy atom. The Bertz CT molecular complexity index is 1150. The Morgan fingerprint density at radius 3 is 2.77 bits per heavy atom. The van der Waals surface area contributed by atoms with Crippen molar-refractivity contribution in [1.82, 2.24) is 9.88 Å². The van der Waals surface area contributed by atoms with Gasteiger partial charge in [-0.05, 0) is 42.0 Å². The third kappa shape index (κ3) is 2.89. The average Bonchev–Trinajstić information content (AvgIpc) is 3.50. The van der Waals surface area contributed by atoms with E-state index in [1.165, 1.54) is 11.2 Å². The lowest BCUT2D eigenvalue weighted by atomic mass is 9.99. The van der Waals surface area contributed by atoms with Crippen molar-refractivity contribution in [2.24, 2.45) is 0 Å². The van der Waals surface area contributed by atoms with Crippen molar-refractivity contribution in [3.8, 4) is 11.5 Å². The minimum absolute atomic E-state index is 0.0438. The van der Waals surface area contributed by atoms with Gasteiger partial charge in [-0.3, -0.25) is 14.6 Å². The van der Waals surface area contributed by atoms with Gasteiger partial charge in [0.1, 0.15) is 17.6 Å². The van der Waals surface area contributed by atoms with Crippen LogP contribution in [0, 0.1) is 0 Å². The second-order valence-corrected chi connectivity index (χ2v) is 6.87. The second-order valence-electron chi connectivity index (χ2n) is 6.87. The maximum Gasteiger partial charge on any atom is 0.296 e. The van der Waals surface area contributed by atoms with Crippen LogP contribution in [0.2, 0.25) is 0 Å².